The molecule has 0 spiro atoms. The van der Waals surface area contributed by atoms with Crippen molar-refractivity contribution in [1.29, 1.82) is 0 Å². The fourth-order valence-electron chi connectivity index (χ4n) is 2.80. The molecule has 3 nitrogen and oxygen atoms in total. The van der Waals surface area contributed by atoms with Crippen molar-refractivity contribution in [2.45, 2.75) is 32.3 Å². The molecule has 1 aliphatic rings. The maximum absolute atomic E-state index is 11.9. The van der Waals surface area contributed by atoms with E-state index in [1.165, 1.54) is 24.0 Å². The SMILES string of the molecule is Nc1cccc(CC(=O)OCc2ccc3c(c2)CCC3)c1. The third kappa shape index (κ3) is 3.43. The van der Waals surface area contributed by atoms with Gasteiger partial charge in [-0.2, -0.15) is 0 Å². The summed E-state index contributed by atoms with van der Waals surface area (Å²) in [6, 6.07) is 13.7. The quantitative estimate of drug-likeness (QED) is 0.692. The van der Waals surface area contributed by atoms with E-state index in [0.717, 1.165) is 17.5 Å². The molecule has 0 saturated heterocycles. The van der Waals surface area contributed by atoms with Crippen molar-refractivity contribution in [1.82, 2.24) is 0 Å². The predicted molar refractivity (Wildman–Crippen MR) is 82.8 cm³/mol. The Hall–Kier alpha value is -2.29. The zero-order chi connectivity index (χ0) is 14.7. The van der Waals surface area contributed by atoms with Gasteiger partial charge in [0, 0.05) is 5.69 Å². The van der Waals surface area contributed by atoms with E-state index in [4.69, 9.17) is 10.5 Å². The average molecular weight is 281 g/mol. The van der Waals surface area contributed by atoms with E-state index < -0.39 is 0 Å². The molecule has 0 aliphatic heterocycles. The van der Waals surface area contributed by atoms with E-state index in [-0.39, 0.29) is 12.4 Å². The first-order chi connectivity index (χ1) is 10.2. The second-order valence-corrected chi connectivity index (χ2v) is 5.54. The number of rotatable bonds is 4. The summed E-state index contributed by atoms with van der Waals surface area (Å²) in [5.41, 5.74) is 11.2. The monoisotopic (exact) mass is 281 g/mol. The molecule has 0 heterocycles. The minimum absolute atomic E-state index is 0.221. The molecule has 0 atom stereocenters. The van der Waals surface area contributed by atoms with Crippen LogP contribution in [0, 0.1) is 0 Å². The van der Waals surface area contributed by atoms with Crippen LogP contribution in [0.1, 0.15) is 28.7 Å². The van der Waals surface area contributed by atoms with E-state index in [1.54, 1.807) is 12.1 Å². The van der Waals surface area contributed by atoms with Gasteiger partial charge in [-0.05, 0) is 53.6 Å². The lowest BCUT2D eigenvalue weighted by Gasteiger charge is -2.07. The second kappa shape index (κ2) is 6.00. The zero-order valence-electron chi connectivity index (χ0n) is 12.0. The topological polar surface area (TPSA) is 52.3 Å². The molecule has 0 aromatic heterocycles. The van der Waals surface area contributed by atoms with Crippen LogP contribution in [0.15, 0.2) is 42.5 Å². The van der Waals surface area contributed by atoms with E-state index in [2.05, 4.69) is 18.2 Å². The fraction of sp³-hybridized carbons (Fsp3) is 0.278. The number of esters is 1. The Morgan fingerprint density at radius 1 is 1.05 bits per heavy atom. The summed E-state index contributed by atoms with van der Waals surface area (Å²) in [6.45, 7) is 0.342. The molecule has 0 amide bonds. The van der Waals surface area contributed by atoms with Crippen molar-refractivity contribution in [2.75, 3.05) is 5.73 Å². The van der Waals surface area contributed by atoms with Gasteiger partial charge < -0.3 is 10.5 Å². The Kier molecular flexibility index (Phi) is 3.91. The third-order valence-electron chi connectivity index (χ3n) is 3.86. The summed E-state index contributed by atoms with van der Waals surface area (Å²) in [7, 11) is 0. The van der Waals surface area contributed by atoms with Crippen LogP contribution in [-0.2, 0) is 35.4 Å². The predicted octanol–water partition coefficient (Wildman–Crippen LogP) is 3.04. The minimum Gasteiger partial charge on any atom is -0.461 e. The van der Waals surface area contributed by atoms with E-state index in [0.29, 0.717) is 12.3 Å². The van der Waals surface area contributed by atoms with Gasteiger partial charge in [-0.1, -0.05) is 30.3 Å². The lowest BCUT2D eigenvalue weighted by atomic mass is 10.1. The van der Waals surface area contributed by atoms with Gasteiger partial charge in [0.2, 0.25) is 0 Å². The van der Waals surface area contributed by atoms with Crippen LogP contribution in [0.5, 0.6) is 0 Å². The van der Waals surface area contributed by atoms with Crippen molar-refractivity contribution in [3.8, 4) is 0 Å². The van der Waals surface area contributed by atoms with E-state index in [9.17, 15) is 4.79 Å². The first-order valence-electron chi connectivity index (χ1n) is 7.31. The van der Waals surface area contributed by atoms with Gasteiger partial charge in [-0.3, -0.25) is 4.79 Å². The van der Waals surface area contributed by atoms with Gasteiger partial charge in [0.15, 0.2) is 0 Å². The Bertz CT molecular complexity index is 664. The molecular weight excluding hydrogens is 262 g/mol. The van der Waals surface area contributed by atoms with Crippen LogP contribution in [0.25, 0.3) is 0 Å². The van der Waals surface area contributed by atoms with Crippen molar-refractivity contribution in [3.63, 3.8) is 0 Å². The summed E-state index contributed by atoms with van der Waals surface area (Å²) < 4.78 is 5.35. The summed E-state index contributed by atoms with van der Waals surface area (Å²) in [5, 5.41) is 0. The molecule has 21 heavy (non-hydrogen) atoms. The molecule has 2 aromatic rings. The normalized spacial score (nSPS) is 13.0. The summed E-state index contributed by atoms with van der Waals surface area (Å²) in [6.07, 6.45) is 3.80. The zero-order valence-corrected chi connectivity index (χ0v) is 12.0. The van der Waals surface area contributed by atoms with Crippen molar-refractivity contribution in [3.05, 3.63) is 64.7 Å². The molecule has 3 rings (SSSR count). The summed E-state index contributed by atoms with van der Waals surface area (Å²) in [5.74, 6) is -0.221. The standard InChI is InChI=1S/C18H19NO2/c19-17-6-1-3-13(10-17)11-18(20)21-12-14-7-8-15-4-2-5-16(15)9-14/h1,3,6-10H,2,4-5,11-12,19H2. The van der Waals surface area contributed by atoms with Gasteiger partial charge in [0.25, 0.3) is 0 Å². The summed E-state index contributed by atoms with van der Waals surface area (Å²) >= 11 is 0. The molecule has 2 N–H and O–H groups in total. The molecule has 0 fully saturated rings. The number of aryl methyl sites for hydroxylation is 2. The number of nitrogens with two attached hydrogens (primary N) is 1. The highest BCUT2D eigenvalue weighted by atomic mass is 16.5. The number of carbonyl (C=O) groups excluding carboxylic acids is 1. The van der Waals surface area contributed by atoms with Crippen molar-refractivity contribution >= 4 is 11.7 Å². The first kappa shape index (κ1) is 13.7. The van der Waals surface area contributed by atoms with Gasteiger partial charge in [0.1, 0.15) is 6.61 Å². The maximum Gasteiger partial charge on any atom is 0.310 e. The number of nitrogen functional groups attached to an aromatic ring is 1. The molecule has 2 aromatic carbocycles. The lowest BCUT2D eigenvalue weighted by molar-refractivity contribution is -0.144. The van der Waals surface area contributed by atoms with Crippen LogP contribution >= 0.6 is 0 Å². The van der Waals surface area contributed by atoms with Gasteiger partial charge >= 0.3 is 5.97 Å². The number of ether oxygens (including phenoxy) is 1. The molecule has 0 bridgehead atoms. The number of fused-ring (bicyclic) bond motifs is 1. The number of carbonyl (C=O) groups is 1. The summed E-state index contributed by atoms with van der Waals surface area (Å²) in [4.78, 5) is 11.9. The number of anilines is 1. The van der Waals surface area contributed by atoms with Crippen molar-refractivity contribution in [2.24, 2.45) is 0 Å². The second-order valence-electron chi connectivity index (χ2n) is 5.54. The third-order valence-corrected chi connectivity index (χ3v) is 3.86. The number of benzene rings is 2. The van der Waals surface area contributed by atoms with E-state index in [1.807, 2.05) is 12.1 Å². The Balaban J connectivity index is 1.56. The van der Waals surface area contributed by atoms with Crippen LogP contribution in [-0.4, -0.2) is 5.97 Å². The number of hydrogen-bond acceptors (Lipinski definition) is 3. The fourth-order valence-corrected chi connectivity index (χ4v) is 2.80. The van der Waals surface area contributed by atoms with Crippen molar-refractivity contribution < 1.29 is 9.53 Å². The molecule has 0 saturated carbocycles. The lowest BCUT2D eigenvalue weighted by Crippen LogP contribution is -2.08. The van der Waals surface area contributed by atoms with E-state index >= 15 is 0 Å². The molecule has 108 valence electrons. The van der Waals surface area contributed by atoms with Crippen LogP contribution in [0.4, 0.5) is 5.69 Å². The van der Waals surface area contributed by atoms with Gasteiger partial charge in [-0.15, -0.1) is 0 Å². The maximum atomic E-state index is 11.9. The highest BCUT2D eigenvalue weighted by Crippen LogP contribution is 2.23. The van der Waals surface area contributed by atoms with Gasteiger partial charge in [-0.25, -0.2) is 0 Å². The van der Waals surface area contributed by atoms with Crippen LogP contribution < -0.4 is 5.73 Å². The average Bonchev–Trinajstić information content (AvgIpc) is 2.92. The smallest absolute Gasteiger partial charge is 0.310 e. The number of hydrogen-bond donors (Lipinski definition) is 1. The van der Waals surface area contributed by atoms with Gasteiger partial charge in [0.05, 0.1) is 6.42 Å². The molecule has 0 unspecified atom stereocenters. The highest BCUT2D eigenvalue weighted by Gasteiger charge is 2.11. The largest absolute Gasteiger partial charge is 0.461 e. The molecule has 0 radical (unpaired) electrons. The highest BCUT2D eigenvalue weighted by molar-refractivity contribution is 5.73. The Labute approximate surface area is 124 Å². The van der Waals surface area contributed by atoms with Crippen LogP contribution in [0.2, 0.25) is 0 Å². The Morgan fingerprint density at radius 2 is 1.90 bits per heavy atom. The first-order valence-corrected chi connectivity index (χ1v) is 7.31. The van der Waals surface area contributed by atoms with Crippen LogP contribution in [0.3, 0.4) is 0 Å². The molecule has 1 aliphatic carbocycles. The Morgan fingerprint density at radius 3 is 2.76 bits per heavy atom. The molecular formula is C18H19NO2. The minimum atomic E-state index is -0.221. The molecule has 3 heteroatoms.